The molecule has 1 N–H and O–H groups in total. The Labute approximate surface area is 125 Å². The molecule has 1 rings (SSSR count). The van der Waals surface area contributed by atoms with E-state index >= 15 is 0 Å². The lowest BCUT2D eigenvalue weighted by molar-refractivity contribution is -0.131. The topological polar surface area (TPSA) is 40.5 Å². The van der Waals surface area contributed by atoms with Crippen molar-refractivity contribution < 1.29 is 9.90 Å². The van der Waals surface area contributed by atoms with Gasteiger partial charge in [-0.25, -0.2) is 4.79 Å². The fraction of sp³-hybridized carbons (Fsp3) is 0.438. The predicted octanol–water partition coefficient (Wildman–Crippen LogP) is 4.31. The first kappa shape index (κ1) is 16.6. The van der Waals surface area contributed by atoms with Crippen molar-refractivity contribution in [1.82, 2.24) is 0 Å². The van der Waals surface area contributed by atoms with Crippen molar-refractivity contribution >= 4 is 29.3 Å². The molecule has 0 aliphatic carbocycles. The molecule has 1 unspecified atom stereocenters. The third-order valence-corrected chi connectivity index (χ3v) is 3.96. The van der Waals surface area contributed by atoms with E-state index in [4.69, 9.17) is 16.7 Å². The zero-order valence-corrected chi connectivity index (χ0v) is 13.4. The number of carbonyl (C=O) groups is 1. The molecule has 0 fully saturated rings. The SMILES string of the molecule is CC(N(C)c1ccc(/C=C/C(=O)O)c(Cl)c1)C(C)(C)C. The summed E-state index contributed by atoms with van der Waals surface area (Å²) >= 11 is 6.21. The summed E-state index contributed by atoms with van der Waals surface area (Å²) < 4.78 is 0. The van der Waals surface area contributed by atoms with Gasteiger partial charge in [-0.2, -0.15) is 0 Å². The molecule has 1 aromatic rings. The van der Waals surface area contributed by atoms with Crippen LogP contribution in [0.1, 0.15) is 33.3 Å². The Morgan fingerprint density at radius 2 is 2.00 bits per heavy atom. The van der Waals surface area contributed by atoms with Crippen LogP contribution >= 0.6 is 11.6 Å². The Hall–Kier alpha value is -1.48. The molecule has 20 heavy (non-hydrogen) atoms. The van der Waals surface area contributed by atoms with Gasteiger partial charge in [0.05, 0.1) is 0 Å². The zero-order valence-electron chi connectivity index (χ0n) is 12.6. The maximum Gasteiger partial charge on any atom is 0.328 e. The first-order valence-corrected chi connectivity index (χ1v) is 6.94. The molecule has 0 spiro atoms. The van der Waals surface area contributed by atoms with Crippen molar-refractivity contribution in [2.45, 2.75) is 33.7 Å². The Morgan fingerprint density at radius 1 is 1.40 bits per heavy atom. The summed E-state index contributed by atoms with van der Waals surface area (Å²) in [5.41, 5.74) is 1.88. The zero-order chi connectivity index (χ0) is 15.5. The van der Waals surface area contributed by atoms with Gasteiger partial charge in [-0.3, -0.25) is 0 Å². The lowest BCUT2D eigenvalue weighted by Crippen LogP contribution is -2.39. The van der Waals surface area contributed by atoms with Crippen molar-refractivity contribution in [3.8, 4) is 0 Å². The van der Waals surface area contributed by atoms with Crippen LogP contribution in [0.3, 0.4) is 0 Å². The molecule has 0 amide bonds. The minimum atomic E-state index is -0.983. The van der Waals surface area contributed by atoms with E-state index < -0.39 is 5.97 Å². The Bertz CT molecular complexity index is 518. The number of carboxylic acids is 1. The number of rotatable bonds is 4. The lowest BCUT2D eigenvalue weighted by Gasteiger charge is -2.37. The van der Waals surface area contributed by atoms with Gasteiger partial charge >= 0.3 is 5.97 Å². The third-order valence-electron chi connectivity index (χ3n) is 3.63. The predicted molar refractivity (Wildman–Crippen MR) is 85.4 cm³/mol. The van der Waals surface area contributed by atoms with Gasteiger partial charge in [-0.1, -0.05) is 38.4 Å². The molecule has 0 aromatic heterocycles. The van der Waals surface area contributed by atoms with Crippen molar-refractivity contribution in [3.63, 3.8) is 0 Å². The average Bonchev–Trinajstić information content (AvgIpc) is 2.34. The molecule has 1 atom stereocenters. The van der Waals surface area contributed by atoms with E-state index in [0.717, 1.165) is 11.8 Å². The second-order valence-electron chi connectivity index (χ2n) is 6.03. The van der Waals surface area contributed by atoms with Crippen molar-refractivity contribution in [2.75, 3.05) is 11.9 Å². The monoisotopic (exact) mass is 295 g/mol. The van der Waals surface area contributed by atoms with Gasteiger partial charge in [-0.15, -0.1) is 0 Å². The minimum absolute atomic E-state index is 0.156. The highest BCUT2D eigenvalue weighted by molar-refractivity contribution is 6.32. The van der Waals surface area contributed by atoms with Crippen LogP contribution in [0.15, 0.2) is 24.3 Å². The van der Waals surface area contributed by atoms with Crippen LogP contribution in [0.2, 0.25) is 5.02 Å². The molecule has 0 aliphatic rings. The quantitative estimate of drug-likeness (QED) is 0.842. The summed E-state index contributed by atoms with van der Waals surface area (Å²) in [6.45, 7) is 8.76. The summed E-state index contributed by atoms with van der Waals surface area (Å²) in [5, 5.41) is 9.18. The molecular formula is C16H22ClNO2. The molecular weight excluding hydrogens is 274 g/mol. The van der Waals surface area contributed by atoms with Crippen LogP contribution in [0, 0.1) is 5.41 Å². The van der Waals surface area contributed by atoms with Crippen LogP contribution in [-0.4, -0.2) is 24.2 Å². The highest BCUT2D eigenvalue weighted by atomic mass is 35.5. The molecule has 3 nitrogen and oxygen atoms in total. The highest BCUT2D eigenvalue weighted by Crippen LogP contribution is 2.30. The minimum Gasteiger partial charge on any atom is -0.478 e. The summed E-state index contributed by atoms with van der Waals surface area (Å²) in [6, 6.07) is 6.00. The standard InChI is InChI=1S/C16H22ClNO2/c1-11(16(2,3)4)18(5)13-8-6-12(14(17)10-13)7-9-15(19)20/h6-11H,1-5H3,(H,19,20)/b9-7+. The molecule has 0 radical (unpaired) electrons. The second kappa shape index (κ2) is 6.31. The van der Waals surface area contributed by atoms with E-state index in [9.17, 15) is 4.79 Å². The Kier molecular flexibility index (Phi) is 5.23. The smallest absolute Gasteiger partial charge is 0.328 e. The molecule has 1 aromatic carbocycles. The number of carboxylic acid groups (broad SMARTS) is 1. The van der Waals surface area contributed by atoms with Crippen LogP contribution in [0.4, 0.5) is 5.69 Å². The van der Waals surface area contributed by atoms with Gasteiger partial charge in [0.25, 0.3) is 0 Å². The summed E-state index contributed by atoms with van der Waals surface area (Å²) in [6.07, 6.45) is 2.59. The van der Waals surface area contributed by atoms with Gasteiger partial charge in [0, 0.05) is 29.9 Å². The fourth-order valence-corrected chi connectivity index (χ4v) is 2.07. The maximum absolute atomic E-state index is 10.5. The van der Waals surface area contributed by atoms with Gasteiger partial charge in [0.15, 0.2) is 0 Å². The van der Waals surface area contributed by atoms with Crippen LogP contribution in [0.5, 0.6) is 0 Å². The van der Waals surface area contributed by atoms with Crippen molar-refractivity contribution in [3.05, 3.63) is 34.9 Å². The maximum atomic E-state index is 10.5. The highest BCUT2D eigenvalue weighted by Gasteiger charge is 2.24. The molecule has 110 valence electrons. The van der Waals surface area contributed by atoms with E-state index in [-0.39, 0.29) is 5.41 Å². The first-order chi connectivity index (χ1) is 9.12. The number of aliphatic carboxylic acids is 1. The first-order valence-electron chi connectivity index (χ1n) is 6.56. The van der Waals surface area contributed by atoms with Crippen molar-refractivity contribution in [1.29, 1.82) is 0 Å². The fourth-order valence-electron chi connectivity index (χ4n) is 1.84. The number of benzene rings is 1. The number of hydrogen-bond acceptors (Lipinski definition) is 2. The van der Waals surface area contributed by atoms with Crippen molar-refractivity contribution in [2.24, 2.45) is 5.41 Å². The second-order valence-corrected chi connectivity index (χ2v) is 6.44. The molecule has 0 bridgehead atoms. The summed E-state index contributed by atoms with van der Waals surface area (Å²) in [4.78, 5) is 12.7. The van der Waals surface area contributed by atoms with E-state index in [1.54, 1.807) is 0 Å². The molecule has 0 heterocycles. The number of anilines is 1. The van der Waals surface area contributed by atoms with Crippen LogP contribution in [0.25, 0.3) is 6.08 Å². The van der Waals surface area contributed by atoms with E-state index in [2.05, 4.69) is 32.6 Å². The summed E-state index contributed by atoms with van der Waals surface area (Å²) in [7, 11) is 2.04. The van der Waals surface area contributed by atoms with Gasteiger partial charge in [-0.05, 0) is 36.1 Å². The normalized spacial score (nSPS) is 13.5. The van der Waals surface area contributed by atoms with E-state index in [1.807, 2.05) is 25.2 Å². The van der Waals surface area contributed by atoms with E-state index in [1.165, 1.54) is 6.08 Å². The third kappa shape index (κ3) is 4.27. The Balaban J connectivity index is 3.00. The van der Waals surface area contributed by atoms with Crippen LogP contribution in [-0.2, 0) is 4.79 Å². The number of hydrogen-bond donors (Lipinski definition) is 1. The molecule has 4 heteroatoms. The summed E-state index contributed by atoms with van der Waals surface area (Å²) in [5.74, 6) is -0.983. The Morgan fingerprint density at radius 3 is 2.45 bits per heavy atom. The lowest BCUT2D eigenvalue weighted by atomic mass is 9.87. The number of nitrogens with zero attached hydrogens (tertiary/aromatic N) is 1. The largest absolute Gasteiger partial charge is 0.478 e. The molecule has 0 saturated heterocycles. The van der Waals surface area contributed by atoms with Gasteiger partial charge in [0.1, 0.15) is 0 Å². The number of halogens is 1. The molecule has 0 saturated carbocycles. The van der Waals surface area contributed by atoms with E-state index in [0.29, 0.717) is 16.6 Å². The van der Waals surface area contributed by atoms with Gasteiger partial charge in [0.2, 0.25) is 0 Å². The average molecular weight is 296 g/mol. The molecule has 0 aliphatic heterocycles. The van der Waals surface area contributed by atoms with Gasteiger partial charge < -0.3 is 10.0 Å². The van der Waals surface area contributed by atoms with Crippen LogP contribution < -0.4 is 4.90 Å².